The van der Waals surface area contributed by atoms with Crippen LogP contribution in [0.5, 0.6) is 0 Å². The van der Waals surface area contributed by atoms with Gasteiger partial charge in [0.2, 0.25) is 10.0 Å². The summed E-state index contributed by atoms with van der Waals surface area (Å²) < 4.78 is 24.1. The lowest BCUT2D eigenvalue weighted by Gasteiger charge is -2.17. The van der Waals surface area contributed by atoms with Crippen molar-refractivity contribution < 1.29 is 8.42 Å². The molecule has 0 bridgehead atoms. The highest BCUT2D eigenvalue weighted by molar-refractivity contribution is 7.89. The van der Waals surface area contributed by atoms with E-state index in [1.165, 1.54) is 4.31 Å². The van der Waals surface area contributed by atoms with Crippen LogP contribution in [0, 0.1) is 11.3 Å². The second kappa shape index (κ2) is 3.42. The molecule has 0 amide bonds. The van der Waals surface area contributed by atoms with E-state index in [4.69, 9.17) is 5.26 Å². The molecular formula is C7H12N2O2S. The normalized spacial score (nSPS) is 17.8. The summed E-state index contributed by atoms with van der Waals surface area (Å²) >= 11 is 0. The molecule has 0 radical (unpaired) electrons. The van der Waals surface area contributed by atoms with Gasteiger partial charge in [-0.05, 0) is 12.8 Å². The van der Waals surface area contributed by atoms with Gasteiger partial charge in [0, 0.05) is 12.6 Å². The molecule has 0 atom stereocenters. The Morgan fingerprint density at radius 2 is 2.17 bits per heavy atom. The summed E-state index contributed by atoms with van der Waals surface area (Å²) in [5.41, 5.74) is 0. The van der Waals surface area contributed by atoms with Gasteiger partial charge < -0.3 is 0 Å². The standard InChI is InChI=1S/C7H12N2O2S/c1-2-9(7-3-4-7)12(10,11)6-5-8/h7H,2-4,6H2,1H3. The van der Waals surface area contributed by atoms with Gasteiger partial charge in [0.1, 0.15) is 0 Å². The van der Waals surface area contributed by atoms with E-state index in [-0.39, 0.29) is 6.04 Å². The van der Waals surface area contributed by atoms with E-state index in [9.17, 15) is 8.42 Å². The molecule has 1 saturated carbocycles. The van der Waals surface area contributed by atoms with Crippen LogP contribution in [0.3, 0.4) is 0 Å². The van der Waals surface area contributed by atoms with Crippen LogP contribution in [0.15, 0.2) is 0 Å². The maximum Gasteiger partial charge on any atom is 0.227 e. The van der Waals surface area contributed by atoms with Crippen LogP contribution in [-0.4, -0.2) is 31.1 Å². The van der Waals surface area contributed by atoms with Gasteiger partial charge in [-0.15, -0.1) is 0 Å². The third-order valence-electron chi connectivity index (χ3n) is 1.87. The molecule has 0 aromatic heterocycles. The molecule has 1 aliphatic rings. The number of sulfonamides is 1. The Hall–Kier alpha value is -0.600. The molecule has 68 valence electrons. The Morgan fingerprint density at radius 1 is 1.58 bits per heavy atom. The first-order valence-corrected chi connectivity index (χ1v) is 5.59. The molecule has 0 aromatic carbocycles. The highest BCUT2D eigenvalue weighted by Crippen LogP contribution is 2.28. The number of nitriles is 1. The van der Waals surface area contributed by atoms with Gasteiger partial charge in [-0.2, -0.15) is 9.57 Å². The van der Waals surface area contributed by atoms with Gasteiger partial charge in [0.15, 0.2) is 5.75 Å². The third-order valence-corrected chi connectivity index (χ3v) is 3.63. The van der Waals surface area contributed by atoms with Gasteiger partial charge >= 0.3 is 0 Å². The van der Waals surface area contributed by atoms with Crippen molar-refractivity contribution in [2.45, 2.75) is 25.8 Å². The minimum atomic E-state index is -3.29. The summed E-state index contributed by atoms with van der Waals surface area (Å²) in [4.78, 5) is 0. The number of rotatable bonds is 4. The lowest BCUT2D eigenvalue weighted by molar-refractivity contribution is 0.423. The van der Waals surface area contributed by atoms with Crippen LogP contribution in [-0.2, 0) is 10.0 Å². The monoisotopic (exact) mass is 188 g/mol. The Bertz CT molecular complexity index is 287. The van der Waals surface area contributed by atoms with Gasteiger partial charge in [-0.3, -0.25) is 0 Å². The van der Waals surface area contributed by atoms with Crippen molar-refractivity contribution in [3.05, 3.63) is 0 Å². The van der Waals surface area contributed by atoms with Crippen LogP contribution >= 0.6 is 0 Å². The Labute approximate surface area is 72.8 Å². The fourth-order valence-electron chi connectivity index (χ4n) is 1.21. The molecule has 0 heterocycles. The summed E-state index contributed by atoms with van der Waals surface area (Å²) in [6.45, 7) is 2.28. The Kier molecular flexibility index (Phi) is 2.70. The summed E-state index contributed by atoms with van der Waals surface area (Å²) in [6, 6.07) is 1.85. The van der Waals surface area contributed by atoms with E-state index < -0.39 is 15.8 Å². The molecule has 0 spiro atoms. The van der Waals surface area contributed by atoms with E-state index in [0.29, 0.717) is 6.54 Å². The van der Waals surface area contributed by atoms with E-state index in [1.807, 2.05) is 0 Å². The van der Waals surface area contributed by atoms with Crippen molar-refractivity contribution in [3.63, 3.8) is 0 Å². The van der Waals surface area contributed by atoms with Crippen molar-refractivity contribution in [1.29, 1.82) is 5.26 Å². The SMILES string of the molecule is CCN(C1CC1)S(=O)(=O)CC#N. The van der Waals surface area contributed by atoms with Crippen molar-refractivity contribution in [3.8, 4) is 6.07 Å². The number of hydrogen-bond donors (Lipinski definition) is 0. The third kappa shape index (κ3) is 1.96. The fraction of sp³-hybridized carbons (Fsp3) is 0.857. The minimum Gasteiger partial charge on any atom is -0.211 e. The molecule has 12 heavy (non-hydrogen) atoms. The molecule has 5 heteroatoms. The average molecular weight is 188 g/mol. The van der Waals surface area contributed by atoms with E-state index in [2.05, 4.69) is 0 Å². The molecule has 4 nitrogen and oxygen atoms in total. The Morgan fingerprint density at radius 3 is 2.50 bits per heavy atom. The maximum absolute atomic E-state index is 11.3. The quantitative estimate of drug-likeness (QED) is 0.638. The van der Waals surface area contributed by atoms with Gasteiger partial charge in [0.25, 0.3) is 0 Å². The first-order chi connectivity index (χ1) is 5.61. The predicted molar refractivity (Wildman–Crippen MR) is 44.8 cm³/mol. The predicted octanol–water partition coefficient (Wildman–Crippen LogP) is 0.324. The van der Waals surface area contributed by atoms with Gasteiger partial charge in [-0.25, -0.2) is 8.42 Å². The van der Waals surface area contributed by atoms with Crippen molar-refractivity contribution in [2.24, 2.45) is 0 Å². The first-order valence-electron chi connectivity index (χ1n) is 3.98. The van der Waals surface area contributed by atoms with E-state index >= 15 is 0 Å². The summed E-state index contributed by atoms with van der Waals surface area (Å²) in [6.07, 6.45) is 1.89. The molecule has 1 aliphatic carbocycles. The van der Waals surface area contributed by atoms with Crippen LogP contribution in [0.4, 0.5) is 0 Å². The molecule has 1 rings (SSSR count). The summed E-state index contributed by atoms with van der Waals surface area (Å²) in [5, 5.41) is 8.29. The summed E-state index contributed by atoms with van der Waals surface area (Å²) in [7, 11) is -3.29. The zero-order valence-electron chi connectivity index (χ0n) is 7.02. The maximum atomic E-state index is 11.3. The molecule has 1 fully saturated rings. The average Bonchev–Trinajstić information content (AvgIpc) is 2.71. The highest BCUT2D eigenvalue weighted by Gasteiger charge is 2.35. The zero-order chi connectivity index (χ0) is 9.19. The first kappa shape index (κ1) is 9.49. The highest BCUT2D eigenvalue weighted by atomic mass is 32.2. The Balaban J connectivity index is 2.70. The van der Waals surface area contributed by atoms with Crippen molar-refractivity contribution in [1.82, 2.24) is 4.31 Å². The molecule has 0 unspecified atom stereocenters. The largest absolute Gasteiger partial charge is 0.227 e. The number of hydrogen-bond acceptors (Lipinski definition) is 3. The van der Waals surface area contributed by atoms with E-state index in [0.717, 1.165) is 12.8 Å². The van der Waals surface area contributed by atoms with Gasteiger partial charge in [-0.1, -0.05) is 6.92 Å². The molecule has 0 aliphatic heterocycles. The summed E-state index contributed by atoms with van der Waals surface area (Å²) in [5.74, 6) is -0.392. The minimum absolute atomic E-state index is 0.174. The fourth-order valence-corrected chi connectivity index (χ4v) is 2.60. The molecule has 0 saturated heterocycles. The smallest absolute Gasteiger partial charge is 0.211 e. The second-order valence-electron chi connectivity index (χ2n) is 2.85. The lowest BCUT2D eigenvalue weighted by atomic mass is 10.6. The van der Waals surface area contributed by atoms with Crippen LogP contribution in [0.2, 0.25) is 0 Å². The number of nitrogens with zero attached hydrogens (tertiary/aromatic N) is 2. The lowest BCUT2D eigenvalue weighted by Crippen LogP contribution is -2.34. The zero-order valence-corrected chi connectivity index (χ0v) is 7.84. The second-order valence-corrected chi connectivity index (χ2v) is 4.77. The van der Waals surface area contributed by atoms with Crippen molar-refractivity contribution in [2.75, 3.05) is 12.3 Å². The van der Waals surface area contributed by atoms with E-state index in [1.54, 1.807) is 13.0 Å². The van der Waals surface area contributed by atoms with Crippen LogP contribution < -0.4 is 0 Å². The van der Waals surface area contributed by atoms with Crippen LogP contribution in [0.1, 0.15) is 19.8 Å². The molecule has 0 aromatic rings. The topological polar surface area (TPSA) is 61.2 Å². The van der Waals surface area contributed by atoms with Crippen LogP contribution in [0.25, 0.3) is 0 Å². The molecule has 0 N–H and O–H groups in total. The van der Waals surface area contributed by atoms with Gasteiger partial charge in [0.05, 0.1) is 6.07 Å². The molecular weight excluding hydrogens is 176 g/mol. The van der Waals surface area contributed by atoms with Crippen molar-refractivity contribution >= 4 is 10.0 Å².